The van der Waals surface area contributed by atoms with Gasteiger partial charge in [0.05, 0.1) is 11.4 Å². The highest BCUT2D eigenvalue weighted by molar-refractivity contribution is 5.77. The maximum absolute atomic E-state index is 13.6. The van der Waals surface area contributed by atoms with E-state index in [1.807, 2.05) is 12.1 Å². The maximum atomic E-state index is 13.6. The molecule has 0 radical (unpaired) electrons. The van der Waals surface area contributed by atoms with Crippen molar-refractivity contribution in [3.63, 3.8) is 0 Å². The summed E-state index contributed by atoms with van der Waals surface area (Å²) in [6.45, 7) is 4.54. The molecule has 4 heteroatoms. The highest BCUT2D eigenvalue weighted by Gasteiger charge is 2.15. The number of halogens is 1. The van der Waals surface area contributed by atoms with Gasteiger partial charge in [0.15, 0.2) is 0 Å². The maximum Gasteiger partial charge on any atom is 0.123 e. The lowest BCUT2D eigenvalue weighted by atomic mass is 9.99. The van der Waals surface area contributed by atoms with Gasteiger partial charge < -0.3 is 9.80 Å². The molecule has 0 spiro atoms. The molecule has 2 aliphatic rings. The van der Waals surface area contributed by atoms with Crippen LogP contribution in [0.25, 0.3) is 33.6 Å². The Hall–Kier alpha value is -3.66. The fourth-order valence-corrected chi connectivity index (χ4v) is 5.27. The predicted molar refractivity (Wildman–Crippen MR) is 143 cm³/mol. The molecule has 0 bridgehead atoms. The summed E-state index contributed by atoms with van der Waals surface area (Å²) in [4.78, 5) is 9.96. The van der Waals surface area contributed by atoms with Crippen LogP contribution in [0.1, 0.15) is 25.7 Å². The van der Waals surface area contributed by atoms with Crippen LogP contribution in [0.15, 0.2) is 84.9 Å². The lowest BCUT2D eigenvalue weighted by molar-refractivity contribution is 0.628. The molecule has 0 unspecified atom stereocenters. The summed E-state index contributed by atoms with van der Waals surface area (Å²) < 4.78 is 13.6. The second-order valence-corrected chi connectivity index (χ2v) is 9.62. The normalized spacial score (nSPS) is 15.7. The Balaban J connectivity index is 1.38. The monoisotopic (exact) mass is 463 g/mol. The third kappa shape index (κ3) is 4.66. The molecular formula is C31H30FN3. The minimum atomic E-state index is -0.224. The van der Waals surface area contributed by atoms with Gasteiger partial charge in [-0.05, 0) is 85.3 Å². The van der Waals surface area contributed by atoms with Gasteiger partial charge in [-0.1, -0.05) is 36.4 Å². The van der Waals surface area contributed by atoms with Crippen LogP contribution in [-0.2, 0) is 0 Å². The summed E-state index contributed by atoms with van der Waals surface area (Å²) in [7, 11) is 0. The topological polar surface area (TPSA) is 19.4 Å². The van der Waals surface area contributed by atoms with Crippen molar-refractivity contribution in [2.75, 3.05) is 36.0 Å². The van der Waals surface area contributed by atoms with Crippen LogP contribution in [0.3, 0.4) is 0 Å². The SMILES string of the molecule is Fc1ccc(-c2cc(-c3ccc(N4CCCC4)cc3)nc(-c3ccc(N4CCCC4)cc3)c2)cc1. The van der Waals surface area contributed by atoms with Crippen LogP contribution in [-0.4, -0.2) is 31.2 Å². The van der Waals surface area contributed by atoms with Crippen molar-refractivity contribution in [3.05, 3.63) is 90.7 Å². The van der Waals surface area contributed by atoms with Gasteiger partial charge in [-0.3, -0.25) is 0 Å². The quantitative estimate of drug-likeness (QED) is 0.307. The predicted octanol–water partition coefficient (Wildman–Crippen LogP) is 7.42. The molecular weight excluding hydrogens is 433 g/mol. The molecule has 0 aliphatic carbocycles. The number of rotatable bonds is 5. The van der Waals surface area contributed by atoms with E-state index in [-0.39, 0.29) is 5.82 Å². The zero-order valence-corrected chi connectivity index (χ0v) is 20.0. The Morgan fingerprint density at radius 3 is 1.31 bits per heavy atom. The average Bonchev–Trinajstić information content (AvgIpc) is 3.64. The minimum absolute atomic E-state index is 0.224. The molecule has 4 aromatic rings. The second-order valence-electron chi connectivity index (χ2n) is 9.62. The summed E-state index contributed by atoms with van der Waals surface area (Å²) in [6.07, 6.45) is 5.07. The molecule has 2 fully saturated rings. The zero-order valence-electron chi connectivity index (χ0n) is 20.0. The standard InChI is InChI=1S/C31H30FN3/c32-27-11-5-23(6-12-27)26-21-30(24-7-13-28(14-8-24)34-17-1-2-18-34)33-31(22-26)25-9-15-29(16-10-25)35-19-3-4-20-35/h5-16,21-22H,1-4,17-20H2. The number of nitrogens with zero attached hydrogens (tertiary/aromatic N) is 3. The van der Waals surface area contributed by atoms with E-state index in [4.69, 9.17) is 4.98 Å². The molecule has 2 aliphatic heterocycles. The Morgan fingerprint density at radius 2 is 0.886 bits per heavy atom. The van der Waals surface area contributed by atoms with Crippen molar-refractivity contribution in [3.8, 4) is 33.6 Å². The summed E-state index contributed by atoms with van der Waals surface area (Å²) in [5, 5.41) is 0. The number of hydrogen-bond donors (Lipinski definition) is 0. The smallest absolute Gasteiger partial charge is 0.123 e. The summed E-state index contributed by atoms with van der Waals surface area (Å²) >= 11 is 0. The number of anilines is 2. The minimum Gasteiger partial charge on any atom is -0.372 e. The van der Waals surface area contributed by atoms with Crippen LogP contribution in [0.5, 0.6) is 0 Å². The van der Waals surface area contributed by atoms with Crippen LogP contribution < -0.4 is 9.80 Å². The van der Waals surface area contributed by atoms with Crippen LogP contribution in [0, 0.1) is 5.82 Å². The lowest BCUT2D eigenvalue weighted by Gasteiger charge is -2.18. The molecule has 35 heavy (non-hydrogen) atoms. The first kappa shape index (κ1) is 21.8. The number of aromatic nitrogens is 1. The first-order chi connectivity index (χ1) is 17.2. The highest BCUT2D eigenvalue weighted by Crippen LogP contribution is 2.32. The highest BCUT2D eigenvalue weighted by atomic mass is 19.1. The summed E-state index contributed by atoms with van der Waals surface area (Å²) in [5.74, 6) is -0.224. The Kier molecular flexibility index (Phi) is 5.95. The van der Waals surface area contributed by atoms with E-state index in [9.17, 15) is 4.39 Å². The molecule has 2 saturated heterocycles. The van der Waals surface area contributed by atoms with E-state index in [1.165, 1.54) is 49.2 Å². The fraction of sp³-hybridized carbons (Fsp3) is 0.258. The van der Waals surface area contributed by atoms with Crippen LogP contribution in [0.4, 0.5) is 15.8 Å². The van der Waals surface area contributed by atoms with Gasteiger partial charge in [0, 0.05) is 48.7 Å². The Labute approximate surface area is 206 Å². The third-order valence-electron chi connectivity index (χ3n) is 7.27. The van der Waals surface area contributed by atoms with Crippen LogP contribution >= 0.6 is 0 Å². The van der Waals surface area contributed by atoms with Gasteiger partial charge in [-0.15, -0.1) is 0 Å². The summed E-state index contributed by atoms with van der Waals surface area (Å²) in [6, 6.07) is 28.4. The third-order valence-corrected chi connectivity index (χ3v) is 7.27. The van der Waals surface area contributed by atoms with Crippen molar-refractivity contribution in [2.24, 2.45) is 0 Å². The van der Waals surface area contributed by atoms with E-state index in [2.05, 4.69) is 70.5 Å². The largest absolute Gasteiger partial charge is 0.372 e. The molecule has 3 heterocycles. The molecule has 1 aromatic heterocycles. The number of benzene rings is 3. The van der Waals surface area contributed by atoms with Gasteiger partial charge in [0.1, 0.15) is 5.82 Å². The van der Waals surface area contributed by atoms with Crippen molar-refractivity contribution in [1.29, 1.82) is 0 Å². The van der Waals surface area contributed by atoms with E-state index < -0.39 is 0 Å². The molecule has 0 saturated carbocycles. The zero-order chi connectivity index (χ0) is 23.6. The van der Waals surface area contributed by atoms with Gasteiger partial charge in [-0.2, -0.15) is 0 Å². The van der Waals surface area contributed by atoms with Crippen molar-refractivity contribution in [1.82, 2.24) is 4.98 Å². The molecule has 3 aromatic carbocycles. The first-order valence-electron chi connectivity index (χ1n) is 12.7. The summed E-state index contributed by atoms with van der Waals surface area (Å²) in [5.41, 5.74) is 8.61. The molecule has 0 amide bonds. The fourth-order valence-electron chi connectivity index (χ4n) is 5.27. The second kappa shape index (κ2) is 9.53. The van der Waals surface area contributed by atoms with E-state index >= 15 is 0 Å². The van der Waals surface area contributed by atoms with Gasteiger partial charge >= 0.3 is 0 Å². The number of hydrogen-bond acceptors (Lipinski definition) is 3. The van der Waals surface area contributed by atoms with Crippen molar-refractivity contribution < 1.29 is 4.39 Å². The molecule has 176 valence electrons. The van der Waals surface area contributed by atoms with Crippen LogP contribution in [0.2, 0.25) is 0 Å². The van der Waals surface area contributed by atoms with Crippen molar-refractivity contribution >= 4 is 11.4 Å². The molecule has 6 rings (SSSR count). The number of pyridine rings is 1. The van der Waals surface area contributed by atoms with E-state index in [1.54, 1.807) is 0 Å². The molecule has 0 atom stereocenters. The Bertz CT molecular complexity index is 1210. The van der Waals surface area contributed by atoms with Gasteiger partial charge in [-0.25, -0.2) is 9.37 Å². The molecule has 0 N–H and O–H groups in total. The first-order valence-corrected chi connectivity index (χ1v) is 12.7. The lowest BCUT2D eigenvalue weighted by Crippen LogP contribution is -2.17. The van der Waals surface area contributed by atoms with Gasteiger partial charge in [0.2, 0.25) is 0 Å². The van der Waals surface area contributed by atoms with E-state index in [0.29, 0.717) is 0 Å². The molecule has 3 nitrogen and oxygen atoms in total. The van der Waals surface area contributed by atoms with E-state index in [0.717, 1.165) is 59.8 Å². The van der Waals surface area contributed by atoms with Gasteiger partial charge in [0.25, 0.3) is 0 Å². The average molecular weight is 464 g/mol. The van der Waals surface area contributed by atoms with Crippen molar-refractivity contribution in [2.45, 2.75) is 25.7 Å². The Morgan fingerprint density at radius 1 is 0.486 bits per heavy atom.